The van der Waals surface area contributed by atoms with Gasteiger partial charge < -0.3 is 5.32 Å². The Labute approximate surface area is 109 Å². The van der Waals surface area contributed by atoms with Gasteiger partial charge in [0.05, 0.1) is 6.04 Å². The van der Waals surface area contributed by atoms with Gasteiger partial charge in [-0.3, -0.25) is 5.10 Å². The van der Waals surface area contributed by atoms with E-state index < -0.39 is 0 Å². The van der Waals surface area contributed by atoms with Crippen LogP contribution in [-0.4, -0.2) is 21.7 Å². The number of rotatable bonds is 4. The maximum Gasteiger partial charge on any atom is 0.146 e. The first-order chi connectivity index (χ1) is 8.22. The van der Waals surface area contributed by atoms with Crippen molar-refractivity contribution in [1.29, 1.82) is 0 Å². The van der Waals surface area contributed by atoms with Crippen molar-refractivity contribution in [2.45, 2.75) is 13.0 Å². The van der Waals surface area contributed by atoms with Crippen LogP contribution in [0.25, 0.3) is 0 Å². The summed E-state index contributed by atoms with van der Waals surface area (Å²) in [5.41, 5.74) is 0.887. The summed E-state index contributed by atoms with van der Waals surface area (Å²) in [6.45, 7) is 2.80. The molecule has 0 spiro atoms. The Morgan fingerprint density at radius 2 is 2.24 bits per heavy atom. The fourth-order valence-electron chi connectivity index (χ4n) is 1.65. The van der Waals surface area contributed by atoms with E-state index in [1.807, 2.05) is 13.0 Å². The van der Waals surface area contributed by atoms with Gasteiger partial charge in [0.25, 0.3) is 0 Å². The zero-order valence-corrected chi connectivity index (χ0v) is 10.8. The Bertz CT molecular complexity index is 484. The normalized spacial score (nSPS) is 12.6. The Balaban J connectivity index is 2.42. The van der Waals surface area contributed by atoms with E-state index in [-0.39, 0.29) is 6.04 Å². The van der Waals surface area contributed by atoms with Crippen LogP contribution in [0.15, 0.2) is 24.5 Å². The van der Waals surface area contributed by atoms with E-state index in [1.54, 1.807) is 12.1 Å². The third-order valence-corrected chi connectivity index (χ3v) is 2.96. The summed E-state index contributed by atoms with van der Waals surface area (Å²) in [6, 6.07) is 5.24. The molecule has 2 rings (SSSR count). The third kappa shape index (κ3) is 2.77. The van der Waals surface area contributed by atoms with Crippen LogP contribution in [0.5, 0.6) is 0 Å². The van der Waals surface area contributed by atoms with Crippen molar-refractivity contribution in [3.05, 3.63) is 46.0 Å². The lowest BCUT2D eigenvalue weighted by atomic mass is 10.1. The summed E-state index contributed by atoms with van der Waals surface area (Å²) in [5, 5.41) is 11.3. The Kier molecular flexibility index (Phi) is 3.99. The highest BCUT2D eigenvalue weighted by Gasteiger charge is 2.18. The number of benzene rings is 1. The van der Waals surface area contributed by atoms with Gasteiger partial charge in [0.1, 0.15) is 12.2 Å². The van der Waals surface area contributed by atoms with Gasteiger partial charge in [0.15, 0.2) is 0 Å². The molecule has 0 bridgehead atoms. The summed E-state index contributed by atoms with van der Waals surface area (Å²) >= 11 is 12.2. The molecule has 0 amide bonds. The molecule has 0 fully saturated rings. The van der Waals surface area contributed by atoms with Crippen molar-refractivity contribution in [3.8, 4) is 0 Å². The van der Waals surface area contributed by atoms with E-state index in [9.17, 15) is 0 Å². The topological polar surface area (TPSA) is 53.6 Å². The molecule has 4 nitrogen and oxygen atoms in total. The van der Waals surface area contributed by atoms with Crippen LogP contribution in [0, 0.1) is 0 Å². The number of halogens is 2. The van der Waals surface area contributed by atoms with E-state index in [2.05, 4.69) is 20.5 Å². The number of nitrogens with zero attached hydrogens (tertiary/aromatic N) is 2. The molecular formula is C11H12Cl2N4. The number of nitrogens with one attached hydrogen (secondary N) is 2. The van der Waals surface area contributed by atoms with Gasteiger partial charge in [-0.25, -0.2) is 4.98 Å². The first-order valence-electron chi connectivity index (χ1n) is 5.26. The Morgan fingerprint density at radius 1 is 1.41 bits per heavy atom. The zero-order chi connectivity index (χ0) is 12.3. The van der Waals surface area contributed by atoms with Crippen LogP contribution in [0.3, 0.4) is 0 Å². The largest absolute Gasteiger partial charge is 0.304 e. The molecule has 1 heterocycles. The van der Waals surface area contributed by atoms with Gasteiger partial charge in [0, 0.05) is 10.0 Å². The van der Waals surface area contributed by atoms with Crippen molar-refractivity contribution < 1.29 is 0 Å². The molecular weight excluding hydrogens is 259 g/mol. The van der Waals surface area contributed by atoms with Crippen molar-refractivity contribution in [3.63, 3.8) is 0 Å². The average molecular weight is 271 g/mol. The van der Waals surface area contributed by atoms with Crippen LogP contribution < -0.4 is 5.32 Å². The molecule has 0 saturated carbocycles. The molecule has 90 valence electrons. The summed E-state index contributed by atoms with van der Waals surface area (Å²) in [7, 11) is 0. The second-order valence-corrected chi connectivity index (χ2v) is 4.37. The van der Waals surface area contributed by atoms with Crippen LogP contribution in [0.4, 0.5) is 0 Å². The molecule has 0 aliphatic heterocycles. The number of aromatic amines is 1. The fraction of sp³-hybridized carbons (Fsp3) is 0.273. The highest BCUT2D eigenvalue weighted by Crippen LogP contribution is 2.28. The van der Waals surface area contributed by atoms with Crippen molar-refractivity contribution in [1.82, 2.24) is 20.5 Å². The van der Waals surface area contributed by atoms with Gasteiger partial charge in [0.2, 0.25) is 0 Å². The molecule has 2 aromatic rings. The fourth-order valence-corrected chi connectivity index (χ4v) is 2.06. The second-order valence-electron chi connectivity index (χ2n) is 3.53. The lowest BCUT2D eigenvalue weighted by Crippen LogP contribution is -2.23. The maximum atomic E-state index is 6.18. The Hall–Kier alpha value is -1.10. The molecule has 0 saturated heterocycles. The number of aromatic nitrogens is 3. The van der Waals surface area contributed by atoms with E-state index in [0.717, 1.165) is 17.9 Å². The first kappa shape index (κ1) is 12.4. The predicted octanol–water partition coefficient (Wildman–Crippen LogP) is 2.81. The predicted molar refractivity (Wildman–Crippen MR) is 68.4 cm³/mol. The summed E-state index contributed by atoms with van der Waals surface area (Å²) in [6.07, 6.45) is 1.47. The van der Waals surface area contributed by atoms with Gasteiger partial charge in [-0.2, -0.15) is 5.10 Å². The van der Waals surface area contributed by atoms with Crippen LogP contribution in [0.1, 0.15) is 24.4 Å². The summed E-state index contributed by atoms with van der Waals surface area (Å²) in [4.78, 5) is 4.15. The summed E-state index contributed by atoms with van der Waals surface area (Å²) in [5.74, 6) is 0.719. The minimum absolute atomic E-state index is 0.131. The molecule has 17 heavy (non-hydrogen) atoms. The number of hydrogen-bond donors (Lipinski definition) is 2. The molecule has 2 N–H and O–H groups in total. The number of H-pyrrole nitrogens is 1. The lowest BCUT2D eigenvalue weighted by Gasteiger charge is -2.17. The monoisotopic (exact) mass is 270 g/mol. The standard InChI is InChI=1S/C11H12Cl2N4/c1-2-14-10(11-15-6-16-17-11)8-5-7(12)3-4-9(8)13/h3-6,10,14H,2H2,1H3,(H,15,16,17). The van der Waals surface area contributed by atoms with E-state index in [1.165, 1.54) is 6.33 Å². The van der Waals surface area contributed by atoms with E-state index >= 15 is 0 Å². The number of hydrogen-bond acceptors (Lipinski definition) is 3. The quantitative estimate of drug-likeness (QED) is 0.899. The lowest BCUT2D eigenvalue weighted by molar-refractivity contribution is 0.600. The van der Waals surface area contributed by atoms with Crippen LogP contribution in [-0.2, 0) is 0 Å². The molecule has 0 aliphatic carbocycles. The van der Waals surface area contributed by atoms with Crippen LogP contribution >= 0.6 is 23.2 Å². The zero-order valence-electron chi connectivity index (χ0n) is 9.24. The Morgan fingerprint density at radius 3 is 2.88 bits per heavy atom. The highest BCUT2D eigenvalue weighted by molar-refractivity contribution is 6.33. The first-order valence-corrected chi connectivity index (χ1v) is 6.01. The second kappa shape index (κ2) is 5.49. The minimum Gasteiger partial charge on any atom is -0.304 e. The highest BCUT2D eigenvalue weighted by atomic mass is 35.5. The molecule has 1 aromatic heterocycles. The average Bonchev–Trinajstić information content (AvgIpc) is 2.83. The molecule has 1 atom stereocenters. The molecule has 6 heteroatoms. The SMILES string of the molecule is CCNC(c1ncn[nH]1)c1cc(Cl)ccc1Cl. The third-order valence-electron chi connectivity index (χ3n) is 2.38. The van der Waals surface area contributed by atoms with Gasteiger partial charge in [-0.15, -0.1) is 0 Å². The van der Waals surface area contributed by atoms with E-state index in [0.29, 0.717) is 10.0 Å². The van der Waals surface area contributed by atoms with Gasteiger partial charge in [-0.1, -0.05) is 30.1 Å². The molecule has 0 radical (unpaired) electrons. The maximum absolute atomic E-state index is 6.18. The molecule has 1 unspecified atom stereocenters. The van der Waals surface area contributed by atoms with E-state index in [4.69, 9.17) is 23.2 Å². The summed E-state index contributed by atoms with van der Waals surface area (Å²) < 4.78 is 0. The van der Waals surface area contributed by atoms with Crippen molar-refractivity contribution in [2.75, 3.05) is 6.54 Å². The van der Waals surface area contributed by atoms with Crippen LogP contribution in [0.2, 0.25) is 10.0 Å². The van der Waals surface area contributed by atoms with Crippen molar-refractivity contribution in [2.24, 2.45) is 0 Å². The minimum atomic E-state index is -0.131. The molecule has 0 aliphatic rings. The van der Waals surface area contributed by atoms with Gasteiger partial charge in [-0.05, 0) is 30.3 Å². The van der Waals surface area contributed by atoms with Gasteiger partial charge >= 0.3 is 0 Å². The van der Waals surface area contributed by atoms with Crippen molar-refractivity contribution >= 4 is 23.2 Å². The smallest absolute Gasteiger partial charge is 0.146 e. The molecule has 1 aromatic carbocycles.